The van der Waals surface area contributed by atoms with Gasteiger partial charge in [0, 0.05) is 0 Å². The van der Waals surface area contributed by atoms with E-state index in [1.165, 1.54) is 18.7 Å². The zero-order chi connectivity index (χ0) is 14.6. The molecule has 1 aromatic rings. The van der Waals surface area contributed by atoms with Gasteiger partial charge in [0.1, 0.15) is 28.8 Å². The molecule has 0 fully saturated rings. The van der Waals surface area contributed by atoms with Gasteiger partial charge in [0.2, 0.25) is 0 Å². The minimum absolute atomic E-state index is 0.00952. The molecule has 1 aromatic heterocycles. The minimum atomic E-state index is -0.0220. The van der Waals surface area contributed by atoms with E-state index >= 15 is 0 Å². The summed E-state index contributed by atoms with van der Waals surface area (Å²) in [4.78, 5) is 15.1. The van der Waals surface area contributed by atoms with E-state index in [2.05, 4.69) is 11.1 Å². The third-order valence-corrected chi connectivity index (χ3v) is 3.56. The topological polar surface area (TPSA) is 104 Å². The summed E-state index contributed by atoms with van der Waals surface area (Å²) in [5, 5.41) is 18.8. The Morgan fingerprint density at radius 2 is 1.95 bits per heavy atom. The lowest BCUT2D eigenvalue weighted by molar-refractivity contribution is -0.114. The van der Waals surface area contributed by atoms with Crippen LogP contribution in [0, 0.1) is 22.7 Å². The summed E-state index contributed by atoms with van der Waals surface area (Å²) in [6, 6.07) is 4.07. The Balaban J connectivity index is 3.47. The Kier molecular flexibility index (Phi) is 4.91. The van der Waals surface area contributed by atoms with Gasteiger partial charge in [0.25, 0.3) is 0 Å². The van der Waals surface area contributed by atoms with E-state index in [1.54, 1.807) is 0 Å². The number of rotatable bonds is 4. The van der Waals surface area contributed by atoms with Crippen LogP contribution in [0.25, 0.3) is 0 Å². The highest BCUT2D eigenvalue weighted by Crippen LogP contribution is 2.32. The highest BCUT2D eigenvalue weighted by atomic mass is 32.2. The fourth-order valence-corrected chi connectivity index (χ4v) is 2.48. The van der Waals surface area contributed by atoms with Crippen molar-refractivity contribution < 1.29 is 4.79 Å². The van der Waals surface area contributed by atoms with E-state index < -0.39 is 0 Å². The van der Waals surface area contributed by atoms with Crippen LogP contribution in [0.3, 0.4) is 0 Å². The number of hydrogen-bond acceptors (Lipinski definition) is 6. The van der Waals surface area contributed by atoms with Crippen molar-refractivity contribution in [3.05, 3.63) is 16.7 Å². The van der Waals surface area contributed by atoms with Crippen molar-refractivity contribution >= 4 is 23.4 Å². The fourth-order valence-electron chi connectivity index (χ4n) is 1.68. The van der Waals surface area contributed by atoms with E-state index in [-0.39, 0.29) is 28.8 Å². The number of nitrogens with two attached hydrogens (primary N) is 1. The molecule has 6 heteroatoms. The minimum Gasteiger partial charge on any atom is -0.383 e. The maximum absolute atomic E-state index is 11.0. The molecule has 19 heavy (non-hydrogen) atoms. The van der Waals surface area contributed by atoms with Gasteiger partial charge < -0.3 is 5.73 Å². The van der Waals surface area contributed by atoms with Crippen molar-refractivity contribution in [1.29, 1.82) is 10.5 Å². The SMILES string of the molecule is CC(=O)CSc1nc(N)c(C#N)c(C(C)C)c1C#N. The maximum Gasteiger partial charge on any atom is 0.143 e. The quantitative estimate of drug-likeness (QED) is 0.844. The Labute approximate surface area is 116 Å². The van der Waals surface area contributed by atoms with Crippen LogP contribution in [0.15, 0.2) is 5.03 Å². The van der Waals surface area contributed by atoms with Crippen LogP contribution in [0.5, 0.6) is 0 Å². The number of pyridine rings is 1. The predicted octanol–water partition coefficient (Wildman–Crippen LogP) is 2.21. The summed E-state index contributed by atoms with van der Waals surface area (Å²) in [6.07, 6.45) is 0. The van der Waals surface area contributed by atoms with Gasteiger partial charge in [-0.2, -0.15) is 10.5 Å². The summed E-state index contributed by atoms with van der Waals surface area (Å²) in [5.74, 6) is 0.303. The molecule has 0 aliphatic carbocycles. The molecule has 0 aliphatic rings. The van der Waals surface area contributed by atoms with Crippen LogP contribution in [0.2, 0.25) is 0 Å². The van der Waals surface area contributed by atoms with Gasteiger partial charge in [0.15, 0.2) is 0 Å². The number of thioether (sulfide) groups is 1. The normalized spacial score (nSPS) is 10.0. The van der Waals surface area contributed by atoms with E-state index in [9.17, 15) is 10.1 Å². The summed E-state index contributed by atoms with van der Waals surface area (Å²) < 4.78 is 0. The summed E-state index contributed by atoms with van der Waals surface area (Å²) in [7, 11) is 0. The van der Waals surface area contributed by atoms with E-state index in [0.29, 0.717) is 16.2 Å². The molecule has 1 rings (SSSR count). The predicted molar refractivity (Wildman–Crippen MR) is 73.6 cm³/mol. The lowest BCUT2D eigenvalue weighted by Crippen LogP contribution is -2.08. The number of nitriles is 2. The first-order chi connectivity index (χ1) is 8.92. The van der Waals surface area contributed by atoms with Crippen LogP contribution in [0.1, 0.15) is 43.4 Å². The number of hydrogen-bond donors (Lipinski definition) is 1. The Bertz CT molecular complexity index is 596. The van der Waals surface area contributed by atoms with Gasteiger partial charge in [-0.15, -0.1) is 0 Å². The van der Waals surface area contributed by atoms with E-state index in [1.807, 2.05) is 19.9 Å². The van der Waals surface area contributed by atoms with Crippen molar-refractivity contribution in [2.75, 3.05) is 11.5 Å². The molecule has 5 nitrogen and oxygen atoms in total. The smallest absolute Gasteiger partial charge is 0.143 e. The van der Waals surface area contributed by atoms with Gasteiger partial charge in [0.05, 0.1) is 16.9 Å². The van der Waals surface area contributed by atoms with Gasteiger partial charge >= 0.3 is 0 Å². The van der Waals surface area contributed by atoms with Crippen molar-refractivity contribution in [3.63, 3.8) is 0 Å². The van der Waals surface area contributed by atoms with Crippen LogP contribution in [-0.4, -0.2) is 16.5 Å². The monoisotopic (exact) mass is 274 g/mol. The van der Waals surface area contributed by atoms with Crippen LogP contribution < -0.4 is 5.73 Å². The molecule has 0 amide bonds. The highest BCUT2D eigenvalue weighted by Gasteiger charge is 2.21. The second-order valence-corrected chi connectivity index (χ2v) is 5.30. The van der Waals surface area contributed by atoms with Crippen molar-refractivity contribution in [1.82, 2.24) is 4.98 Å². The molecule has 0 bridgehead atoms. The molecule has 0 saturated heterocycles. The molecule has 98 valence electrons. The zero-order valence-corrected chi connectivity index (χ0v) is 11.8. The number of Topliss-reactive ketones (excluding diaryl/α,β-unsaturated/α-hetero) is 1. The number of nitrogens with zero attached hydrogens (tertiary/aromatic N) is 3. The molecule has 2 N–H and O–H groups in total. The van der Waals surface area contributed by atoms with Gasteiger partial charge in [-0.1, -0.05) is 25.6 Å². The summed E-state index contributed by atoms with van der Waals surface area (Å²) in [6.45, 7) is 5.24. The average molecular weight is 274 g/mol. The van der Waals surface area contributed by atoms with Gasteiger partial charge in [-0.25, -0.2) is 4.98 Å². The first-order valence-corrected chi connectivity index (χ1v) is 6.66. The molecule has 0 aliphatic heterocycles. The van der Waals surface area contributed by atoms with Crippen molar-refractivity contribution in [2.45, 2.75) is 31.7 Å². The van der Waals surface area contributed by atoms with Crippen molar-refractivity contribution in [2.24, 2.45) is 0 Å². The Hall–Kier alpha value is -2.05. The van der Waals surface area contributed by atoms with Crippen LogP contribution >= 0.6 is 11.8 Å². The molecule has 0 atom stereocenters. The number of nitrogen functional groups attached to an aromatic ring is 1. The summed E-state index contributed by atoms with van der Waals surface area (Å²) in [5.41, 5.74) is 6.95. The standard InChI is InChI=1S/C13H14N4OS/c1-7(2)11-9(4-14)12(16)17-13(10(11)5-15)19-6-8(3)18/h7H,6H2,1-3H3,(H2,16,17). The molecule has 0 unspecified atom stereocenters. The molecule has 1 heterocycles. The lowest BCUT2D eigenvalue weighted by Gasteiger charge is -2.14. The van der Waals surface area contributed by atoms with Crippen LogP contribution in [-0.2, 0) is 4.79 Å². The third kappa shape index (κ3) is 3.24. The van der Waals surface area contributed by atoms with Crippen LogP contribution in [0.4, 0.5) is 5.82 Å². The molecular formula is C13H14N4OS. The molecule has 0 spiro atoms. The number of ketones is 1. The molecule has 0 saturated carbocycles. The lowest BCUT2D eigenvalue weighted by atomic mass is 9.94. The number of carbonyl (C=O) groups is 1. The third-order valence-electron chi connectivity index (χ3n) is 2.44. The van der Waals surface area contributed by atoms with E-state index in [0.717, 1.165) is 0 Å². The second kappa shape index (κ2) is 6.21. The number of anilines is 1. The first-order valence-electron chi connectivity index (χ1n) is 5.68. The summed E-state index contributed by atoms with van der Waals surface area (Å²) >= 11 is 1.17. The number of aromatic nitrogens is 1. The largest absolute Gasteiger partial charge is 0.383 e. The molecule has 0 radical (unpaired) electrons. The fraction of sp³-hybridized carbons (Fsp3) is 0.385. The molecule has 0 aromatic carbocycles. The van der Waals surface area contributed by atoms with Crippen molar-refractivity contribution in [3.8, 4) is 12.1 Å². The Morgan fingerprint density at radius 1 is 1.37 bits per heavy atom. The number of carbonyl (C=O) groups excluding carboxylic acids is 1. The zero-order valence-electron chi connectivity index (χ0n) is 11.0. The van der Waals surface area contributed by atoms with Gasteiger partial charge in [-0.05, 0) is 18.4 Å². The molecular weight excluding hydrogens is 260 g/mol. The highest BCUT2D eigenvalue weighted by molar-refractivity contribution is 8.00. The maximum atomic E-state index is 11.0. The second-order valence-electron chi connectivity index (χ2n) is 4.33. The van der Waals surface area contributed by atoms with Gasteiger partial charge in [-0.3, -0.25) is 4.79 Å². The Morgan fingerprint density at radius 3 is 2.37 bits per heavy atom. The average Bonchev–Trinajstić information content (AvgIpc) is 2.34. The van der Waals surface area contributed by atoms with E-state index in [4.69, 9.17) is 11.0 Å². The first kappa shape index (κ1) is 15.0.